The number of non-ortho nitro benzene ring substituents is 1. The van der Waals surface area contributed by atoms with Crippen LogP contribution < -0.4 is 9.64 Å². The molecule has 0 spiro atoms. The second-order valence-electron chi connectivity index (χ2n) is 8.74. The van der Waals surface area contributed by atoms with Gasteiger partial charge in [-0.2, -0.15) is 0 Å². The van der Waals surface area contributed by atoms with E-state index in [1.807, 2.05) is 54.6 Å². The minimum Gasteiger partial charge on any atom is -0.489 e. The highest BCUT2D eigenvalue weighted by Crippen LogP contribution is 2.43. The van der Waals surface area contributed by atoms with Crippen LogP contribution in [-0.2, 0) is 16.2 Å². The normalized spacial score (nSPS) is 17.8. The fourth-order valence-electron chi connectivity index (χ4n) is 4.84. The molecule has 0 aromatic heterocycles. The molecule has 0 saturated heterocycles. The Labute approximate surface area is 202 Å². The molecule has 1 aliphatic heterocycles. The zero-order chi connectivity index (χ0) is 24.4. The van der Waals surface area contributed by atoms with Gasteiger partial charge in [0.25, 0.3) is 5.69 Å². The fourth-order valence-corrected chi connectivity index (χ4v) is 4.84. The van der Waals surface area contributed by atoms with Crippen LogP contribution in [0.3, 0.4) is 0 Å². The van der Waals surface area contributed by atoms with Crippen LogP contribution in [0.1, 0.15) is 42.7 Å². The molecule has 0 saturated carbocycles. The number of Topliss-reactive ketones (excluding diaryl/α,β-unsaturated/α-hetero) is 1. The maximum atomic E-state index is 13.3. The van der Waals surface area contributed by atoms with Crippen LogP contribution in [-0.4, -0.2) is 16.6 Å². The van der Waals surface area contributed by atoms with Crippen molar-refractivity contribution in [3.63, 3.8) is 0 Å². The molecule has 0 fully saturated rings. The minimum absolute atomic E-state index is 0.0421. The molecule has 35 heavy (non-hydrogen) atoms. The number of nitro groups is 1. The van der Waals surface area contributed by atoms with E-state index in [1.165, 1.54) is 12.1 Å². The second kappa shape index (κ2) is 9.54. The molecule has 1 unspecified atom stereocenters. The molecule has 2 aliphatic rings. The molecule has 7 nitrogen and oxygen atoms in total. The van der Waals surface area contributed by atoms with Gasteiger partial charge in [-0.05, 0) is 48.2 Å². The molecule has 1 aliphatic carbocycles. The molecule has 3 aromatic carbocycles. The Balaban J connectivity index is 1.43. The lowest BCUT2D eigenvalue weighted by molar-refractivity contribution is -0.384. The van der Waals surface area contributed by atoms with Crippen LogP contribution in [0, 0.1) is 10.1 Å². The zero-order valence-electron chi connectivity index (χ0n) is 19.1. The SMILES string of the molecule is O=C1CCCC2=C1C(c1ccc(OCc3ccccc3)cc1)CC(=O)N2c1ccc([N+](=O)[O-])cc1. The lowest BCUT2D eigenvalue weighted by Gasteiger charge is -2.38. The number of nitro benzene ring substituents is 1. The maximum Gasteiger partial charge on any atom is 0.269 e. The smallest absolute Gasteiger partial charge is 0.269 e. The number of anilines is 1. The van der Waals surface area contributed by atoms with Crippen LogP contribution in [0.15, 0.2) is 90.1 Å². The number of rotatable bonds is 6. The van der Waals surface area contributed by atoms with Crippen LogP contribution in [0.2, 0.25) is 0 Å². The molecular weight excluding hydrogens is 444 g/mol. The summed E-state index contributed by atoms with van der Waals surface area (Å²) in [5.74, 6) is 0.334. The molecule has 0 bridgehead atoms. The van der Waals surface area contributed by atoms with Gasteiger partial charge < -0.3 is 4.74 Å². The largest absolute Gasteiger partial charge is 0.489 e. The van der Waals surface area contributed by atoms with E-state index in [4.69, 9.17) is 4.74 Å². The zero-order valence-corrected chi connectivity index (χ0v) is 19.1. The first-order valence-corrected chi connectivity index (χ1v) is 11.6. The summed E-state index contributed by atoms with van der Waals surface area (Å²) in [4.78, 5) is 38.5. The summed E-state index contributed by atoms with van der Waals surface area (Å²) in [7, 11) is 0. The van der Waals surface area contributed by atoms with Crippen molar-refractivity contribution in [2.24, 2.45) is 0 Å². The fraction of sp³-hybridized carbons (Fsp3) is 0.214. The number of nitrogens with zero attached hydrogens (tertiary/aromatic N) is 2. The van der Waals surface area contributed by atoms with Gasteiger partial charge in [0.05, 0.1) is 4.92 Å². The van der Waals surface area contributed by atoms with E-state index in [0.29, 0.717) is 42.8 Å². The lowest BCUT2D eigenvalue weighted by atomic mass is 9.77. The lowest BCUT2D eigenvalue weighted by Crippen LogP contribution is -2.40. The number of carbonyl (C=O) groups is 2. The average molecular weight is 469 g/mol. The van der Waals surface area contributed by atoms with Gasteiger partial charge in [-0.25, -0.2) is 0 Å². The van der Waals surface area contributed by atoms with Gasteiger partial charge in [-0.3, -0.25) is 24.6 Å². The summed E-state index contributed by atoms with van der Waals surface area (Å²) in [5, 5.41) is 11.0. The Bertz CT molecular complexity index is 1300. The third-order valence-electron chi connectivity index (χ3n) is 6.52. The van der Waals surface area contributed by atoms with Gasteiger partial charge in [0.2, 0.25) is 5.91 Å². The third-order valence-corrected chi connectivity index (χ3v) is 6.52. The molecule has 7 heteroatoms. The monoisotopic (exact) mass is 468 g/mol. The number of hydrogen-bond acceptors (Lipinski definition) is 5. The molecule has 176 valence electrons. The van der Waals surface area contributed by atoms with Gasteiger partial charge in [-0.15, -0.1) is 0 Å². The predicted molar refractivity (Wildman–Crippen MR) is 131 cm³/mol. The minimum atomic E-state index is -0.472. The summed E-state index contributed by atoms with van der Waals surface area (Å²) in [6, 6.07) is 23.4. The Morgan fingerprint density at radius 2 is 1.63 bits per heavy atom. The maximum absolute atomic E-state index is 13.3. The standard InChI is InChI=1S/C28H24N2O5/c31-26-8-4-7-25-28(26)24(17-27(32)29(25)21-11-13-22(14-12-21)30(33)34)20-9-15-23(16-10-20)35-18-19-5-2-1-3-6-19/h1-3,5-6,9-16,24H,4,7-8,17-18H2. The number of carbonyl (C=O) groups excluding carboxylic acids is 2. The summed E-state index contributed by atoms with van der Waals surface area (Å²) >= 11 is 0. The highest BCUT2D eigenvalue weighted by molar-refractivity contribution is 6.07. The van der Waals surface area contributed by atoms with Crippen molar-refractivity contribution in [2.45, 2.75) is 38.2 Å². The molecule has 5 rings (SSSR count). The highest BCUT2D eigenvalue weighted by atomic mass is 16.6. The summed E-state index contributed by atoms with van der Waals surface area (Å²) in [6.07, 6.45) is 1.90. The average Bonchev–Trinajstić information content (AvgIpc) is 2.88. The Morgan fingerprint density at radius 3 is 2.31 bits per heavy atom. The number of benzene rings is 3. The molecule has 1 atom stereocenters. The van der Waals surface area contributed by atoms with Crippen molar-refractivity contribution in [1.29, 1.82) is 0 Å². The number of amides is 1. The Kier molecular flexibility index (Phi) is 6.14. The molecule has 0 radical (unpaired) electrons. The van der Waals surface area contributed by atoms with Crippen LogP contribution in [0.25, 0.3) is 0 Å². The number of ketones is 1. The molecular formula is C28H24N2O5. The van der Waals surface area contributed by atoms with Crippen molar-refractivity contribution in [3.05, 3.63) is 111 Å². The first kappa shape index (κ1) is 22.5. The van der Waals surface area contributed by atoms with E-state index < -0.39 is 4.92 Å². The quantitative estimate of drug-likeness (QED) is 0.342. The molecule has 1 heterocycles. The van der Waals surface area contributed by atoms with Gasteiger partial charge in [-0.1, -0.05) is 42.5 Å². The summed E-state index contributed by atoms with van der Waals surface area (Å²) < 4.78 is 5.88. The van der Waals surface area contributed by atoms with Gasteiger partial charge in [0, 0.05) is 47.8 Å². The predicted octanol–water partition coefficient (Wildman–Crippen LogP) is 5.70. The van der Waals surface area contributed by atoms with Crippen LogP contribution >= 0.6 is 0 Å². The van der Waals surface area contributed by atoms with E-state index in [0.717, 1.165) is 16.9 Å². The van der Waals surface area contributed by atoms with Crippen LogP contribution in [0.4, 0.5) is 11.4 Å². The van der Waals surface area contributed by atoms with E-state index >= 15 is 0 Å². The molecule has 0 N–H and O–H groups in total. The highest BCUT2D eigenvalue weighted by Gasteiger charge is 2.39. The van der Waals surface area contributed by atoms with E-state index in [2.05, 4.69) is 0 Å². The Morgan fingerprint density at radius 1 is 0.914 bits per heavy atom. The van der Waals surface area contributed by atoms with Gasteiger partial charge in [0.1, 0.15) is 12.4 Å². The van der Waals surface area contributed by atoms with Crippen LogP contribution in [0.5, 0.6) is 5.75 Å². The van der Waals surface area contributed by atoms with Crippen molar-refractivity contribution in [3.8, 4) is 5.75 Å². The first-order chi connectivity index (χ1) is 17.0. The molecule has 1 amide bonds. The first-order valence-electron chi connectivity index (χ1n) is 11.6. The summed E-state index contributed by atoms with van der Waals surface area (Å²) in [5.41, 5.74) is 3.86. The topological polar surface area (TPSA) is 89.8 Å². The van der Waals surface area contributed by atoms with Gasteiger partial charge >= 0.3 is 0 Å². The third kappa shape index (κ3) is 4.57. The van der Waals surface area contributed by atoms with E-state index in [9.17, 15) is 19.7 Å². The Hall–Kier alpha value is -4.26. The number of allylic oxidation sites excluding steroid dienone is 2. The van der Waals surface area contributed by atoms with Crippen molar-refractivity contribution < 1.29 is 19.2 Å². The van der Waals surface area contributed by atoms with Crippen molar-refractivity contribution >= 4 is 23.1 Å². The molecule has 3 aromatic rings. The summed E-state index contributed by atoms with van der Waals surface area (Å²) in [6.45, 7) is 0.458. The van der Waals surface area contributed by atoms with E-state index in [1.54, 1.807) is 17.0 Å². The van der Waals surface area contributed by atoms with Gasteiger partial charge in [0.15, 0.2) is 5.78 Å². The second-order valence-corrected chi connectivity index (χ2v) is 8.74. The number of ether oxygens (including phenoxy) is 1. The van der Waals surface area contributed by atoms with Crippen molar-refractivity contribution in [1.82, 2.24) is 0 Å². The van der Waals surface area contributed by atoms with Crippen molar-refractivity contribution in [2.75, 3.05) is 4.90 Å². The number of hydrogen-bond donors (Lipinski definition) is 0. The van der Waals surface area contributed by atoms with E-state index in [-0.39, 0.29) is 29.7 Å².